The molecule has 1 amide bonds. The van der Waals surface area contributed by atoms with Crippen molar-refractivity contribution in [2.75, 3.05) is 17.2 Å². The number of benzene rings is 2. The van der Waals surface area contributed by atoms with Gasteiger partial charge in [-0.25, -0.2) is 4.39 Å². The van der Waals surface area contributed by atoms with E-state index in [2.05, 4.69) is 0 Å². The van der Waals surface area contributed by atoms with E-state index < -0.39 is 0 Å². The Labute approximate surface area is 115 Å². The molecular weight excluding hydrogens is 259 g/mol. The van der Waals surface area contributed by atoms with E-state index in [0.717, 1.165) is 0 Å². The number of nitrogens with two attached hydrogens (primary N) is 1. The molecule has 3 rings (SSSR count). The zero-order valence-corrected chi connectivity index (χ0v) is 10.7. The van der Waals surface area contributed by atoms with Crippen molar-refractivity contribution in [3.05, 3.63) is 53.8 Å². The highest BCUT2D eigenvalue weighted by molar-refractivity contribution is 5.97. The fourth-order valence-corrected chi connectivity index (χ4v) is 2.21. The first kappa shape index (κ1) is 12.5. The van der Waals surface area contributed by atoms with Gasteiger partial charge in [-0.05, 0) is 29.8 Å². The number of hydrogen-bond donors (Lipinski definition) is 1. The molecule has 1 aliphatic heterocycles. The number of rotatable bonds is 2. The molecule has 0 atom stereocenters. The monoisotopic (exact) mass is 272 g/mol. The average Bonchev–Trinajstić information content (AvgIpc) is 2.44. The quantitative estimate of drug-likeness (QED) is 0.854. The third-order valence-corrected chi connectivity index (χ3v) is 3.24. The Morgan fingerprint density at radius 2 is 2.05 bits per heavy atom. The smallest absolute Gasteiger partial charge is 0.265 e. The predicted octanol–water partition coefficient (Wildman–Crippen LogP) is 2.33. The molecule has 4 nitrogen and oxygen atoms in total. The first-order valence-electron chi connectivity index (χ1n) is 6.21. The molecule has 0 unspecified atom stereocenters. The molecule has 0 spiro atoms. The van der Waals surface area contributed by atoms with Crippen LogP contribution in [0.2, 0.25) is 0 Å². The van der Waals surface area contributed by atoms with Crippen LogP contribution < -0.4 is 15.4 Å². The Bertz CT molecular complexity index is 673. The summed E-state index contributed by atoms with van der Waals surface area (Å²) < 4.78 is 18.4. The molecule has 20 heavy (non-hydrogen) atoms. The van der Waals surface area contributed by atoms with Crippen molar-refractivity contribution in [3.63, 3.8) is 0 Å². The molecule has 2 aromatic carbocycles. The SMILES string of the molecule is Nc1cc(F)ccc1CN1C(=O)COc2ccccc21. The summed E-state index contributed by atoms with van der Waals surface area (Å²) >= 11 is 0. The molecule has 2 aromatic rings. The van der Waals surface area contributed by atoms with Crippen molar-refractivity contribution in [1.29, 1.82) is 0 Å². The van der Waals surface area contributed by atoms with Crippen LogP contribution >= 0.6 is 0 Å². The molecule has 0 aromatic heterocycles. The number of hydrogen-bond acceptors (Lipinski definition) is 3. The van der Waals surface area contributed by atoms with Gasteiger partial charge in [-0.2, -0.15) is 0 Å². The predicted molar refractivity (Wildman–Crippen MR) is 73.9 cm³/mol. The number of halogens is 1. The van der Waals surface area contributed by atoms with E-state index in [-0.39, 0.29) is 18.3 Å². The minimum Gasteiger partial charge on any atom is -0.482 e. The topological polar surface area (TPSA) is 55.6 Å². The van der Waals surface area contributed by atoms with E-state index in [9.17, 15) is 9.18 Å². The van der Waals surface area contributed by atoms with Gasteiger partial charge in [0.15, 0.2) is 6.61 Å². The van der Waals surface area contributed by atoms with Crippen molar-refractivity contribution >= 4 is 17.3 Å². The Morgan fingerprint density at radius 1 is 1.25 bits per heavy atom. The number of carbonyl (C=O) groups excluding carboxylic acids is 1. The van der Waals surface area contributed by atoms with E-state index in [0.29, 0.717) is 29.2 Å². The maximum atomic E-state index is 13.1. The Balaban J connectivity index is 1.95. The molecule has 1 heterocycles. The van der Waals surface area contributed by atoms with Gasteiger partial charge >= 0.3 is 0 Å². The molecule has 2 N–H and O–H groups in total. The molecule has 0 fully saturated rings. The second kappa shape index (κ2) is 4.85. The standard InChI is InChI=1S/C15H13FN2O2/c16-11-6-5-10(12(17)7-11)8-18-13-3-1-2-4-14(13)20-9-15(18)19/h1-7H,8-9,17H2. The lowest BCUT2D eigenvalue weighted by Gasteiger charge is -2.29. The van der Waals surface area contributed by atoms with Crippen LogP contribution in [0.15, 0.2) is 42.5 Å². The van der Waals surface area contributed by atoms with Crippen LogP contribution in [0.3, 0.4) is 0 Å². The lowest BCUT2D eigenvalue weighted by atomic mass is 10.1. The molecule has 0 radical (unpaired) electrons. The van der Waals surface area contributed by atoms with Crippen molar-refractivity contribution in [2.45, 2.75) is 6.54 Å². The number of nitrogens with zero attached hydrogens (tertiary/aromatic N) is 1. The summed E-state index contributed by atoms with van der Waals surface area (Å²) in [4.78, 5) is 13.6. The summed E-state index contributed by atoms with van der Waals surface area (Å²) in [5, 5.41) is 0. The molecule has 0 saturated heterocycles. The van der Waals surface area contributed by atoms with E-state index in [4.69, 9.17) is 10.5 Å². The van der Waals surface area contributed by atoms with Crippen LogP contribution in [0, 0.1) is 5.82 Å². The summed E-state index contributed by atoms with van der Waals surface area (Å²) in [6.07, 6.45) is 0. The van der Waals surface area contributed by atoms with Crippen LogP contribution in [0.1, 0.15) is 5.56 Å². The van der Waals surface area contributed by atoms with Gasteiger partial charge in [0.2, 0.25) is 0 Å². The van der Waals surface area contributed by atoms with Crippen LogP contribution in [0.25, 0.3) is 0 Å². The van der Waals surface area contributed by atoms with Crippen LogP contribution in [0.4, 0.5) is 15.8 Å². The Hall–Kier alpha value is -2.56. The van der Waals surface area contributed by atoms with Gasteiger partial charge in [0.1, 0.15) is 11.6 Å². The maximum absolute atomic E-state index is 13.1. The van der Waals surface area contributed by atoms with Gasteiger partial charge in [0.05, 0.1) is 12.2 Å². The highest BCUT2D eigenvalue weighted by Crippen LogP contribution is 2.33. The first-order valence-corrected chi connectivity index (χ1v) is 6.21. The zero-order valence-electron chi connectivity index (χ0n) is 10.7. The third-order valence-electron chi connectivity index (χ3n) is 3.24. The lowest BCUT2D eigenvalue weighted by molar-refractivity contribution is -0.121. The zero-order chi connectivity index (χ0) is 14.1. The largest absolute Gasteiger partial charge is 0.482 e. The molecule has 0 bridgehead atoms. The van der Waals surface area contributed by atoms with Crippen molar-refractivity contribution in [3.8, 4) is 5.75 Å². The minimum atomic E-state index is -0.389. The summed E-state index contributed by atoms with van der Waals surface area (Å²) in [5.74, 6) is 0.125. The summed E-state index contributed by atoms with van der Waals surface area (Å²) in [6.45, 7) is 0.295. The number of fused-ring (bicyclic) bond motifs is 1. The number of anilines is 2. The van der Waals surface area contributed by atoms with E-state index in [1.54, 1.807) is 11.0 Å². The van der Waals surface area contributed by atoms with Gasteiger partial charge in [-0.3, -0.25) is 4.79 Å². The van der Waals surface area contributed by atoms with E-state index in [1.807, 2.05) is 24.3 Å². The second-order valence-corrected chi connectivity index (χ2v) is 4.58. The lowest BCUT2D eigenvalue weighted by Crippen LogP contribution is -2.38. The normalized spacial score (nSPS) is 13.8. The molecule has 1 aliphatic rings. The van der Waals surface area contributed by atoms with Crippen LogP contribution in [-0.4, -0.2) is 12.5 Å². The van der Waals surface area contributed by atoms with Crippen molar-refractivity contribution in [2.24, 2.45) is 0 Å². The summed E-state index contributed by atoms with van der Waals surface area (Å²) in [6, 6.07) is 11.5. The highest BCUT2D eigenvalue weighted by atomic mass is 19.1. The fraction of sp³-hybridized carbons (Fsp3) is 0.133. The maximum Gasteiger partial charge on any atom is 0.265 e. The van der Waals surface area contributed by atoms with Gasteiger partial charge in [-0.1, -0.05) is 18.2 Å². The summed E-state index contributed by atoms with van der Waals surface area (Å²) in [7, 11) is 0. The van der Waals surface area contributed by atoms with Gasteiger partial charge in [0.25, 0.3) is 5.91 Å². The minimum absolute atomic E-state index is 0.00187. The van der Waals surface area contributed by atoms with Gasteiger partial charge in [0, 0.05) is 5.69 Å². The van der Waals surface area contributed by atoms with Crippen LogP contribution in [-0.2, 0) is 11.3 Å². The second-order valence-electron chi connectivity index (χ2n) is 4.58. The number of para-hydroxylation sites is 2. The Kier molecular flexibility index (Phi) is 3.02. The molecule has 0 saturated carbocycles. The number of carbonyl (C=O) groups is 1. The number of ether oxygens (including phenoxy) is 1. The fourth-order valence-electron chi connectivity index (χ4n) is 2.21. The van der Waals surface area contributed by atoms with Crippen molar-refractivity contribution in [1.82, 2.24) is 0 Å². The van der Waals surface area contributed by atoms with E-state index >= 15 is 0 Å². The summed E-state index contributed by atoms with van der Waals surface area (Å²) in [5.41, 5.74) is 7.54. The third kappa shape index (κ3) is 2.18. The number of nitrogen functional groups attached to an aromatic ring is 1. The van der Waals surface area contributed by atoms with E-state index in [1.165, 1.54) is 12.1 Å². The molecule has 102 valence electrons. The van der Waals surface area contributed by atoms with Crippen LogP contribution in [0.5, 0.6) is 5.75 Å². The molecule has 5 heteroatoms. The Morgan fingerprint density at radius 3 is 2.85 bits per heavy atom. The van der Waals surface area contributed by atoms with Gasteiger partial charge < -0.3 is 15.4 Å². The molecule has 0 aliphatic carbocycles. The van der Waals surface area contributed by atoms with Gasteiger partial charge in [-0.15, -0.1) is 0 Å². The number of amides is 1. The molecular formula is C15H13FN2O2. The first-order chi connectivity index (χ1) is 9.65. The van der Waals surface area contributed by atoms with Crippen molar-refractivity contribution < 1.29 is 13.9 Å². The highest BCUT2D eigenvalue weighted by Gasteiger charge is 2.25. The average molecular weight is 272 g/mol.